The highest BCUT2D eigenvalue weighted by Gasteiger charge is 2.55. The average Bonchev–Trinajstić information content (AvgIpc) is 3.36. The molecule has 1 aliphatic heterocycles. The molecule has 1 aromatic carbocycles. The van der Waals surface area contributed by atoms with Gasteiger partial charge in [0.15, 0.2) is 5.82 Å². The fourth-order valence-corrected chi connectivity index (χ4v) is 5.11. The third kappa shape index (κ3) is 4.02. The number of fused-ring (bicyclic) bond motifs is 1. The van der Waals surface area contributed by atoms with E-state index in [-0.39, 0.29) is 18.7 Å². The van der Waals surface area contributed by atoms with Crippen molar-refractivity contribution in [2.75, 3.05) is 11.4 Å². The molecule has 10 heteroatoms. The summed E-state index contributed by atoms with van der Waals surface area (Å²) in [6, 6.07) is 7.41. The molecule has 2 atom stereocenters. The van der Waals surface area contributed by atoms with E-state index in [9.17, 15) is 20.0 Å². The van der Waals surface area contributed by atoms with Gasteiger partial charge in [0, 0.05) is 24.8 Å². The van der Waals surface area contributed by atoms with E-state index in [2.05, 4.69) is 21.0 Å². The average molecular weight is 475 g/mol. The van der Waals surface area contributed by atoms with Crippen LogP contribution in [0.3, 0.4) is 0 Å². The number of carbonyl (C=O) groups is 2. The number of benzene rings is 1. The number of nitriles is 1. The van der Waals surface area contributed by atoms with Gasteiger partial charge in [0.1, 0.15) is 17.0 Å². The Morgan fingerprint density at radius 1 is 1.23 bits per heavy atom. The van der Waals surface area contributed by atoms with E-state index in [0.29, 0.717) is 36.5 Å². The van der Waals surface area contributed by atoms with E-state index in [0.717, 1.165) is 11.0 Å². The number of ketones is 1. The number of amides is 1. The van der Waals surface area contributed by atoms with Crippen molar-refractivity contribution in [2.45, 2.75) is 57.8 Å². The predicted octanol–water partition coefficient (Wildman–Crippen LogP) is 3.08. The summed E-state index contributed by atoms with van der Waals surface area (Å²) in [5.74, 6) is 0.438. The van der Waals surface area contributed by atoms with Crippen molar-refractivity contribution in [3.8, 4) is 6.07 Å². The molecular weight excluding hydrogens is 448 g/mol. The second-order valence-electron chi connectivity index (χ2n) is 10.3. The highest BCUT2D eigenvalue weighted by Crippen LogP contribution is 2.46. The molecule has 1 saturated carbocycles. The number of Topliss-reactive ketones (excluding diaryl/α,β-unsaturated/α-hetero) is 1. The van der Waals surface area contributed by atoms with E-state index in [1.54, 1.807) is 38.4 Å². The number of hydrogen-bond donors (Lipinski definition) is 1. The molecule has 1 aliphatic carbocycles. The highest BCUT2D eigenvalue weighted by atomic mass is 16.6. The molecule has 5 rings (SSSR count). The molecule has 2 fully saturated rings. The first-order chi connectivity index (χ1) is 16.5. The van der Waals surface area contributed by atoms with Crippen molar-refractivity contribution in [3.05, 3.63) is 48.2 Å². The zero-order chi connectivity index (χ0) is 25.0. The molecule has 1 saturated heterocycles. The van der Waals surface area contributed by atoms with Crippen molar-refractivity contribution in [2.24, 2.45) is 5.41 Å². The van der Waals surface area contributed by atoms with Gasteiger partial charge in [-0.15, -0.1) is 0 Å². The molecule has 0 radical (unpaired) electrons. The van der Waals surface area contributed by atoms with Crippen LogP contribution in [-0.4, -0.2) is 48.6 Å². The van der Waals surface area contributed by atoms with Gasteiger partial charge in [-0.2, -0.15) is 5.26 Å². The van der Waals surface area contributed by atoms with E-state index in [1.807, 2.05) is 11.5 Å². The van der Waals surface area contributed by atoms with Crippen LogP contribution in [0.25, 0.3) is 11.0 Å². The quantitative estimate of drug-likeness (QED) is 0.610. The molecule has 0 unspecified atom stereocenters. The van der Waals surface area contributed by atoms with Crippen molar-refractivity contribution in [1.82, 2.24) is 19.5 Å². The summed E-state index contributed by atoms with van der Waals surface area (Å²) in [5, 5.41) is 19.4. The number of aliphatic hydroxyl groups is 1. The molecule has 180 valence electrons. The van der Waals surface area contributed by atoms with Gasteiger partial charge < -0.3 is 14.4 Å². The van der Waals surface area contributed by atoms with Crippen molar-refractivity contribution in [3.63, 3.8) is 0 Å². The Labute approximate surface area is 202 Å². The first kappa shape index (κ1) is 22.9. The second kappa shape index (κ2) is 7.85. The number of nitrogens with zero attached hydrogens (tertiary/aromatic N) is 6. The number of rotatable bonds is 4. The van der Waals surface area contributed by atoms with Gasteiger partial charge in [0.2, 0.25) is 0 Å². The zero-order valence-corrected chi connectivity index (χ0v) is 19.9. The smallest absolute Gasteiger partial charge is 0.416 e. The standard InChI is InChI=1S/C25H26N6O4/c1-23(2,34)19-10-28-21(11-27-19)31-14-25(35-22(31)33)7-6-20(32)24(3,12-25)13-30-15-29-17-5-4-16(9-26)8-18(17)30/h4-5,8,10-11,15,34H,6-7,12-14H2,1-3H3/t24-,25-/m0/s1. The fourth-order valence-electron chi connectivity index (χ4n) is 5.11. The zero-order valence-electron chi connectivity index (χ0n) is 19.9. The SMILES string of the molecule is CC(C)(O)c1cnc(N2C[C@@]3(CCC(=O)[C@](C)(Cn4cnc5ccc(C#N)cc54)C3)OC2=O)cn1. The molecule has 0 bridgehead atoms. The molecule has 1 spiro atoms. The maximum atomic E-state index is 13.1. The van der Waals surface area contributed by atoms with Gasteiger partial charge in [-0.1, -0.05) is 6.92 Å². The minimum Gasteiger partial charge on any atom is -0.441 e. The Morgan fingerprint density at radius 3 is 2.71 bits per heavy atom. The predicted molar refractivity (Wildman–Crippen MR) is 125 cm³/mol. The summed E-state index contributed by atoms with van der Waals surface area (Å²) < 4.78 is 7.78. The Hall–Kier alpha value is -3.84. The van der Waals surface area contributed by atoms with Crippen LogP contribution in [0.2, 0.25) is 0 Å². The molecule has 35 heavy (non-hydrogen) atoms. The number of carbonyl (C=O) groups excluding carboxylic acids is 2. The third-order valence-corrected chi connectivity index (χ3v) is 6.97. The van der Waals surface area contributed by atoms with Crippen LogP contribution in [0, 0.1) is 16.7 Å². The summed E-state index contributed by atoms with van der Waals surface area (Å²) in [5.41, 5.74) is -0.317. The highest BCUT2D eigenvalue weighted by molar-refractivity contribution is 5.91. The first-order valence-corrected chi connectivity index (χ1v) is 11.5. The van der Waals surface area contributed by atoms with Gasteiger partial charge in [-0.05, 0) is 38.5 Å². The summed E-state index contributed by atoms with van der Waals surface area (Å²) in [7, 11) is 0. The van der Waals surface area contributed by atoms with Gasteiger partial charge >= 0.3 is 6.09 Å². The summed E-state index contributed by atoms with van der Waals surface area (Å²) in [6.07, 6.45) is 5.12. The topological polar surface area (TPSA) is 134 Å². The Bertz CT molecular complexity index is 1370. The number of ether oxygens (including phenoxy) is 1. The van der Waals surface area contributed by atoms with Crippen LogP contribution in [0.5, 0.6) is 0 Å². The number of imidazole rings is 1. The lowest BCUT2D eigenvalue weighted by Crippen LogP contribution is -2.49. The normalized spacial score (nSPS) is 24.7. The second-order valence-corrected chi connectivity index (χ2v) is 10.3. The van der Waals surface area contributed by atoms with E-state index in [4.69, 9.17) is 4.74 Å². The Balaban J connectivity index is 1.40. The van der Waals surface area contributed by atoms with Crippen LogP contribution in [0.4, 0.5) is 10.6 Å². The number of aromatic nitrogens is 4. The molecule has 2 aromatic heterocycles. The minimum atomic E-state index is -1.14. The maximum Gasteiger partial charge on any atom is 0.416 e. The lowest BCUT2D eigenvalue weighted by Gasteiger charge is -2.41. The van der Waals surface area contributed by atoms with Crippen LogP contribution < -0.4 is 4.90 Å². The van der Waals surface area contributed by atoms with Gasteiger partial charge in [0.05, 0.1) is 53.6 Å². The first-order valence-electron chi connectivity index (χ1n) is 11.5. The lowest BCUT2D eigenvalue weighted by molar-refractivity contribution is -0.138. The van der Waals surface area contributed by atoms with Crippen LogP contribution in [0.1, 0.15) is 51.3 Å². The van der Waals surface area contributed by atoms with Crippen molar-refractivity contribution < 1.29 is 19.4 Å². The van der Waals surface area contributed by atoms with Crippen molar-refractivity contribution in [1.29, 1.82) is 5.26 Å². The van der Waals surface area contributed by atoms with E-state index >= 15 is 0 Å². The monoisotopic (exact) mass is 474 g/mol. The number of anilines is 1. The summed E-state index contributed by atoms with van der Waals surface area (Å²) >= 11 is 0. The Kier molecular flexibility index (Phi) is 5.14. The summed E-state index contributed by atoms with van der Waals surface area (Å²) in [4.78, 5) is 40.4. The van der Waals surface area contributed by atoms with Gasteiger partial charge in [-0.3, -0.25) is 14.7 Å². The van der Waals surface area contributed by atoms with E-state index < -0.39 is 22.7 Å². The largest absolute Gasteiger partial charge is 0.441 e. The number of hydrogen-bond acceptors (Lipinski definition) is 8. The molecule has 10 nitrogen and oxygen atoms in total. The minimum absolute atomic E-state index is 0.102. The van der Waals surface area contributed by atoms with Crippen LogP contribution >= 0.6 is 0 Å². The molecule has 1 amide bonds. The molecular formula is C25H26N6O4. The van der Waals surface area contributed by atoms with Crippen LogP contribution in [-0.2, 0) is 21.7 Å². The maximum absolute atomic E-state index is 13.1. The van der Waals surface area contributed by atoms with Gasteiger partial charge in [-0.25, -0.2) is 14.8 Å². The molecule has 1 N–H and O–H groups in total. The fraction of sp³-hybridized carbons (Fsp3) is 0.440. The molecule has 3 aromatic rings. The van der Waals surface area contributed by atoms with Crippen LogP contribution in [0.15, 0.2) is 36.9 Å². The molecule has 3 heterocycles. The summed E-state index contributed by atoms with van der Waals surface area (Å²) in [6.45, 7) is 5.73. The lowest BCUT2D eigenvalue weighted by atomic mass is 9.67. The van der Waals surface area contributed by atoms with E-state index in [1.165, 1.54) is 17.3 Å². The van der Waals surface area contributed by atoms with Gasteiger partial charge in [0.25, 0.3) is 0 Å². The van der Waals surface area contributed by atoms with Crippen molar-refractivity contribution >= 4 is 28.7 Å². The Morgan fingerprint density at radius 2 is 2.03 bits per heavy atom. The molecule has 2 aliphatic rings. The third-order valence-electron chi connectivity index (χ3n) is 6.97.